The topological polar surface area (TPSA) is 46.9 Å². The Balaban J connectivity index is 2.04. The highest BCUT2D eigenvalue weighted by Crippen LogP contribution is 2.29. The van der Waals surface area contributed by atoms with E-state index in [0.717, 1.165) is 22.0 Å². The quantitative estimate of drug-likeness (QED) is 0.833. The Kier molecular flexibility index (Phi) is 5.43. The van der Waals surface area contributed by atoms with E-state index in [1.165, 1.54) is 5.56 Å². The Morgan fingerprint density at radius 3 is 2.25 bits per heavy atom. The monoisotopic (exact) mass is 345 g/mol. The molecule has 1 amide bonds. The molecule has 0 spiro atoms. The molecule has 0 saturated carbocycles. The van der Waals surface area contributed by atoms with Crippen LogP contribution in [0.15, 0.2) is 29.2 Å². The molecular formula is C19H27N3OS. The lowest BCUT2D eigenvalue weighted by Crippen LogP contribution is -2.23. The van der Waals surface area contributed by atoms with Gasteiger partial charge < -0.3 is 5.32 Å². The van der Waals surface area contributed by atoms with Crippen molar-refractivity contribution >= 4 is 23.4 Å². The molecule has 1 heterocycles. The Hall–Kier alpha value is -1.75. The minimum atomic E-state index is -0.176. The summed E-state index contributed by atoms with van der Waals surface area (Å²) in [5.74, 6) is -0.000835. The van der Waals surface area contributed by atoms with Crippen LogP contribution in [0.4, 0.5) is 5.69 Å². The molecule has 0 aliphatic carbocycles. The molecule has 0 saturated heterocycles. The van der Waals surface area contributed by atoms with Crippen LogP contribution in [0.3, 0.4) is 0 Å². The van der Waals surface area contributed by atoms with E-state index in [0.29, 0.717) is 0 Å². The summed E-state index contributed by atoms with van der Waals surface area (Å²) in [7, 11) is 1.88. The van der Waals surface area contributed by atoms with Gasteiger partial charge >= 0.3 is 0 Å². The van der Waals surface area contributed by atoms with Crippen LogP contribution in [-0.4, -0.2) is 20.9 Å². The highest BCUT2D eigenvalue weighted by atomic mass is 32.2. The van der Waals surface area contributed by atoms with Gasteiger partial charge in [-0.2, -0.15) is 5.10 Å². The summed E-state index contributed by atoms with van der Waals surface area (Å²) in [5, 5.41) is 7.17. The first-order valence-electron chi connectivity index (χ1n) is 8.18. The highest BCUT2D eigenvalue weighted by molar-refractivity contribution is 8.00. The summed E-state index contributed by atoms with van der Waals surface area (Å²) in [6.45, 7) is 12.4. The van der Waals surface area contributed by atoms with Gasteiger partial charge in [0.25, 0.3) is 0 Å². The van der Waals surface area contributed by atoms with Gasteiger partial charge in [-0.05, 0) is 43.9 Å². The van der Waals surface area contributed by atoms with Crippen molar-refractivity contribution in [2.45, 2.75) is 57.1 Å². The van der Waals surface area contributed by atoms with E-state index in [2.05, 4.69) is 55.5 Å². The van der Waals surface area contributed by atoms with Crippen molar-refractivity contribution in [1.82, 2.24) is 9.78 Å². The van der Waals surface area contributed by atoms with Crippen molar-refractivity contribution in [1.29, 1.82) is 0 Å². The standard InChI is InChI=1S/C19H27N3OS/c1-12-17(13(2)22(7)21-12)20-18(23)14(3)24-16-10-8-15(9-11-16)19(4,5)6/h8-11,14H,1-7H3,(H,20,23)/t14-/m1/s1. The Bertz CT molecular complexity index is 726. The number of nitrogens with zero attached hydrogens (tertiary/aromatic N) is 2. The third kappa shape index (κ3) is 4.20. The fraction of sp³-hybridized carbons (Fsp3) is 0.474. The van der Waals surface area contributed by atoms with Crippen LogP contribution >= 0.6 is 11.8 Å². The summed E-state index contributed by atoms with van der Waals surface area (Å²) in [5.41, 5.74) is 4.06. The maximum atomic E-state index is 12.5. The van der Waals surface area contributed by atoms with Gasteiger partial charge in [0.1, 0.15) is 0 Å². The van der Waals surface area contributed by atoms with Crippen molar-refractivity contribution < 1.29 is 4.79 Å². The Labute approximate surface area is 149 Å². The van der Waals surface area contributed by atoms with E-state index < -0.39 is 0 Å². The fourth-order valence-electron chi connectivity index (χ4n) is 2.47. The van der Waals surface area contributed by atoms with E-state index in [-0.39, 0.29) is 16.6 Å². The number of hydrogen-bond donors (Lipinski definition) is 1. The smallest absolute Gasteiger partial charge is 0.237 e. The van der Waals surface area contributed by atoms with Crippen LogP contribution in [-0.2, 0) is 17.3 Å². The first-order chi connectivity index (χ1) is 11.1. The maximum Gasteiger partial charge on any atom is 0.237 e. The minimum absolute atomic E-state index is 0.000835. The number of aromatic nitrogens is 2. The zero-order valence-corrected chi connectivity index (χ0v) is 16.4. The minimum Gasteiger partial charge on any atom is -0.322 e. The average Bonchev–Trinajstić information content (AvgIpc) is 2.73. The van der Waals surface area contributed by atoms with Gasteiger partial charge in [0.05, 0.1) is 22.3 Å². The van der Waals surface area contributed by atoms with E-state index >= 15 is 0 Å². The molecule has 0 aliphatic rings. The van der Waals surface area contributed by atoms with Crippen LogP contribution in [0.1, 0.15) is 44.6 Å². The number of aryl methyl sites for hydroxylation is 2. The first-order valence-corrected chi connectivity index (χ1v) is 9.06. The van der Waals surface area contributed by atoms with Crippen LogP contribution in [0, 0.1) is 13.8 Å². The molecule has 5 heteroatoms. The van der Waals surface area contributed by atoms with E-state index in [1.54, 1.807) is 16.4 Å². The lowest BCUT2D eigenvalue weighted by molar-refractivity contribution is -0.115. The molecule has 24 heavy (non-hydrogen) atoms. The SMILES string of the molecule is Cc1nn(C)c(C)c1NC(=O)[C@@H](C)Sc1ccc(C(C)(C)C)cc1. The number of anilines is 1. The Morgan fingerprint density at radius 2 is 1.79 bits per heavy atom. The van der Waals surface area contributed by atoms with Crippen molar-refractivity contribution in [3.63, 3.8) is 0 Å². The van der Waals surface area contributed by atoms with Crippen molar-refractivity contribution in [2.24, 2.45) is 7.05 Å². The van der Waals surface area contributed by atoms with Gasteiger partial charge in [0, 0.05) is 11.9 Å². The largest absolute Gasteiger partial charge is 0.322 e. The summed E-state index contributed by atoms with van der Waals surface area (Å²) in [6.07, 6.45) is 0. The second-order valence-corrected chi connectivity index (χ2v) is 8.61. The van der Waals surface area contributed by atoms with Gasteiger partial charge in [-0.25, -0.2) is 0 Å². The molecule has 2 rings (SSSR count). The number of amides is 1. The van der Waals surface area contributed by atoms with Crippen molar-refractivity contribution in [3.8, 4) is 0 Å². The second kappa shape index (κ2) is 7.01. The summed E-state index contributed by atoms with van der Waals surface area (Å²) in [6, 6.07) is 8.47. The molecule has 0 aliphatic heterocycles. The molecule has 1 atom stereocenters. The summed E-state index contributed by atoms with van der Waals surface area (Å²) >= 11 is 1.57. The number of thioether (sulfide) groups is 1. The number of hydrogen-bond acceptors (Lipinski definition) is 3. The molecule has 2 aromatic rings. The van der Waals surface area contributed by atoms with Gasteiger partial charge in [0.2, 0.25) is 5.91 Å². The number of benzene rings is 1. The van der Waals surface area contributed by atoms with E-state index in [4.69, 9.17) is 0 Å². The van der Waals surface area contributed by atoms with E-state index in [9.17, 15) is 4.79 Å². The maximum absolute atomic E-state index is 12.5. The highest BCUT2D eigenvalue weighted by Gasteiger charge is 2.19. The molecule has 0 bridgehead atoms. The number of rotatable bonds is 4. The lowest BCUT2D eigenvalue weighted by atomic mass is 9.87. The van der Waals surface area contributed by atoms with Crippen LogP contribution in [0.2, 0.25) is 0 Å². The van der Waals surface area contributed by atoms with Crippen molar-refractivity contribution in [3.05, 3.63) is 41.2 Å². The molecule has 1 N–H and O–H groups in total. The molecule has 4 nitrogen and oxygen atoms in total. The second-order valence-electron chi connectivity index (χ2n) is 7.19. The van der Waals surface area contributed by atoms with Crippen LogP contribution in [0.5, 0.6) is 0 Å². The van der Waals surface area contributed by atoms with Gasteiger partial charge in [-0.1, -0.05) is 32.9 Å². The number of carbonyl (C=O) groups is 1. The molecule has 130 valence electrons. The van der Waals surface area contributed by atoms with Gasteiger partial charge in [-0.15, -0.1) is 11.8 Å². The third-order valence-corrected chi connectivity index (χ3v) is 5.27. The zero-order valence-electron chi connectivity index (χ0n) is 15.6. The van der Waals surface area contributed by atoms with Crippen LogP contribution < -0.4 is 5.32 Å². The van der Waals surface area contributed by atoms with Gasteiger partial charge in [-0.3, -0.25) is 9.48 Å². The predicted molar refractivity (Wildman–Crippen MR) is 102 cm³/mol. The number of nitrogens with one attached hydrogen (secondary N) is 1. The van der Waals surface area contributed by atoms with Crippen molar-refractivity contribution in [2.75, 3.05) is 5.32 Å². The molecule has 1 aromatic carbocycles. The summed E-state index contributed by atoms with van der Waals surface area (Å²) in [4.78, 5) is 13.6. The molecule has 0 fully saturated rings. The lowest BCUT2D eigenvalue weighted by Gasteiger charge is -2.19. The molecule has 0 unspecified atom stereocenters. The number of carbonyl (C=O) groups excluding carboxylic acids is 1. The Morgan fingerprint density at radius 1 is 1.21 bits per heavy atom. The van der Waals surface area contributed by atoms with Gasteiger partial charge in [0.15, 0.2) is 0 Å². The first kappa shape index (κ1) is 18.6. The molecule has 1 aromatic heterocycles. The average molecular weight is 346 g/mol. The zero-order chi connectivity index (χ0) is 18.1. The summed E-state index contributed by atoms with van der Waals surface area (Å²) < 4.78 is 1.79. The van der Waals surface area contributed by atoms with E-state index in [1.807, 2.05) is 27.8 Å². The fourth-order valence-corrected chi connectivity index (χ4v) is 3.34. The molecule has 0 radical (unpaired) electrons. The normalized spacial score (nSPS) is 13.0. The third-order valence-electron chi connectivity index (χ3n) is 4.16. The molecular weight excluding hydrogens is 318 g/mol. The predicted octanol–water partition coefficient (Wildman–Crippen LogP) is 4.45. The van der Waals surface area contributed by atoms with Crippen LogP contribution in [0.25, 0.3) is 0 Å².